The van der Waals surface area contributed by atoms with Gasteiger partial charge in [0, 0.05) is 0 Å². The third-order valence-corrected chi connectivity index (χ3v) is 31.1. The van der Waals surface area contributed by atoms with Crippen molar-refractivity contribution in [3.63, 3.8) is 0 Å². The van der Waals surface area contributed by atoms with Gasteiger partial charge in [-0.25, -0.2) is 24.6 Å². The standard InChI is InChI=1S/F6H2O2Si5.K.H/c1-12(2,3)10(7)9-11(8)13(4,5)6;;/h9H2;;/q;+1;-1. The van der Waals surface area contributed by atoms with Gasteiger partial charge in [-0.3, -0.25) is 0 Å². The Hall–Kier alpha value is 1.90. The molecule has 0 saturated heterocycles. The molecule has 0 amide bonds. The first-order valence-electron chi connectivity index (χ1n) is 2.75. The molecule has 14 heteroatoms. The molecule has 0 fully saturated rings. The van der Waals surface area contributed by atoms with Crippen LogP contribution in [0.4, 0.5) is 24.6 Å². The average Bonchev–Trinajstić information content (AvgIpc) is 1.82. The van der Waals surface area contributed by atoms with E-state index in [9.17, 15) is 33.6 Å². The molecule has 0 heterocycles. The maximum absolute atomic E-state index is 11.6. The van der Waals surface area contributed by atoms with Crippen molar-refractivity contribution >= 4 is 41.2 Å². The Kier molecular flexibility index (Phi) is 8.60. The van der Waals surface area contributed by atoms with Crippen LogP contribution in [0.2, 0.25) is 0 Å². The Labute approximate surface area is 126 Å². The molecule has 0 aliphatic carbocycles. The van der Waals surface area contributed by atoms with Gasteiger partial charge >= 0.3 is 84.0 Å². The van der Waals surface area contributed by atoms with Crippen LogP contribution in [-0.2, 0) is 8.92 Å². The molecule has 0 bridgehead atoms. The molecule has 0 radical (unpaired) electrons. The Balaban J connectivity index is -0.000000720. The fourth-order valence-corrected chi connectivity index (χ4v) is 33.6. The van der Waals surface area contributed by atoms with Gasteiger partial charge in [0.1, 0.15) is 0 Å². The summed E-state index contributed by atoms with van der Waals surface area (Å²) in [5, 5.41) is 0. The van der Waals surface area contributed by atoms with E-state index in [-0.39, 0.29) is 52.8 Å². The van der Waals surface area contributed by atoms with Gasteiger partial charge in [-0.05, 0) is 0 Å². The van der Waals surface area contributed by atoms with E-state index in [1.807, 2.05) is 0 Å². The summed E-state index contributed by atoms with van der Waals surface area (Å²) in [4.78, 5) is 0. The molecule has 0 aromatic heterocycles. The Morgan fingerprint density at radius 1 is 0.857 bits per heavy atom. The summed E-state index contributed by atoms with van der Waals surface area (Å²) in [5.74, 6) is 0. The number of halogens is 6. The van der Waals surface area contributed by atoms with Gasteiger partial charge in [0.05, 0.1) is 0 Å². The zero-order valence-electron chi connectivity index (χ0n) is 7.79. The molecule has 0 aliphatic rings. The van der Waals surface area contributed by atoms with Crippen LogP contribution in [0.25, 0.3) is 0 Å². The van der Waals surface area contributed by atoms with Crippen molar-refractivity contribution in [3.05, 3.63) is 0 Å². The quantitative estimate of drug-likeness (QED) is 0.312. The van der Waals surface area contributed by atoms with Crippen LogP contribution in [0.5, 0.6) is 0 Å². The second-order valence-electron chi connectivity index (χ2n) is 2.02. The molecule has 2 nitrogen and oxygen atoms in total. The van der Waals surface area contributed by atoms with Crippen LogP contribution >= 0.6 is 0 Å². The fraction of sp³-hybridized carbons (Fsp3) is 0. The second-order valence-corrected chi connectivity index (χ2v) is 25.1. The topological polar surface area (TPSA) is 34.1 Å². The van der Waals surface area contributed by atoms with Crippen LogP contribution in [0.3, 0.4) is 0 Å². The van der Waals surface area contributed by atoms with Gasteiger partial charge in [-0.1, -0.05) is 0 Å². The van der Waals surface area contributed by atoms with Crippen molar-refractivity contribution < 1.29 is 86.4 Å². The van der Waals surface area contributed by atoms with Crippen molar-refractivity contribution in [1.29, 1.82) is 0 Å². The molecule has 0 aromatic rings. The average molecular weight is 329 g/mol. The molecule has 0 N–H and O–H groups in total. The second kappa shape index (κ2) is 6.59. The predicted octanol–water partition coefficient (Wildman–Crippen LogP) is -3.04. The molecule has 0 atom stereocenters. The minimum Gasteiger partial charge on any atom is -1.00 e. The molecule has 0 aromatic carbocycles. The fourth-order valence-electron chi connectivity index (χ4n) is 0.346. The summed E-state index contributed by atoms with van der Waals surface area (Å²) in [7, 11) is -24.1. The maximum atomic E-state index is 11.6. The van der Waals surface area contributed by atoms with Crippen molar-refractivity contribution in [2.45, 2.75) is 0 Å². The number of hydrogen-bond donors (Lipinski definition) is 0. The van der Waals surface area contributed by atoms with Crippen LogP contribution < -0.4 is 51.4 Å². The van der Waals surface area contributed by atoms with Crippen molar-refractivity contribution in [2.75, 3.05) is 0 Å². The molecule has 0 unspecified atom stereocenters. The van der Waals surface area contributed by atoms with Gasteiger partial charge < -0.3 is 10.4 Å². The number of hydrogen-bond acceptors (Lipinski definition) is 2. The monoisotopic (exact) mass is 328 g/mol. The molecule has 0 spiro atoms. The van der Waals surface area contributed by atoms with Crippen LogP contribution in [-0.4, -0.2) is 41.2 Å². The molecular weight excluding hydrogens is 326 g/mol. The predicted molar refractivity (Wildman–Crippen MR) is 40.7 cm³/mol. The van der Waals surface area contributed by atoms with E-state index in [1.165, 1.54) is 0 Å². The van der Waals surface area contributed by atoms with E-state index in [0.717, 1.165) is 0 Å². The van der Waals surface area contributed by atoms with E-state index < -0.39 is 41.2 Å². The van der Waals surface area contributed by atoms with Gasteiger partial charge in [0.2, 0.25) is 0 Å². The van der Waals surface area contributed by atoms with Crippen LogP contribution in [0.15, 0.2) is 0 Å². The minimum absolute atomic E-state index is 0. The molecule has 0 rings (SSSR count). The Morgan fingerprint density at radius 3 is 1.21 bits per heavy atom. The zero-order valence-corrected chi connectivity index (χ0v) is 15.3. The van der Waals surface area contributed by atoms with Crippen molar-refractivity contribution in [2.24, 2.45) is 0 Å². The van der Waals surface area contributed by atoms with Gasteiger partial charge in [0.15, 0.2) is 8.55 Å². The Morgan fingerprint density at radius 2 is 1.07 bits per heavy atom. The summed E-state index contributed by atoms with van der Waals surface area (Å²) in [6.45, 7) is 0. The van der Waals surface area contributed by atoms with Gasteiger partial charge in [-0.15, -0.1) is 0 Å². The van der Waals surface area contributed by atoms with Gasteiger partial charge in [-0.2, -0.15) is 0 Å². The van der Waals surface area contributed by atoms with E-state index in [0.29, 0.717) is 0 Å². The van der Waals surface area contributed by atoms with E-state index in [2.05, 4.69) is 0 Å². The van der Waals surface area contributed by atoms with Crippen molar-refractivity contribution in [1.82, 2.24) is 0 Å². The summed E-state index contributed by atoms with van der Waals surface area (Å²) in [6.07, 6.45) is 0. The summed E-state index contributed by atoms with van der Waals surface area (Å²) in [5.41, 5.74) is 0. The molecule has 0 saturated carbocycles. The smallest absolute Gasteiger partial charge is 1.00 e. The first-order chi connectivity index (χ1) is 5.55. The first-order valence-corrected chi connectivity index (χ1v) is 15.5. The molecule has 0 aliphatic heterocycles. The van der Waals surface area contributed by atoms with Crippen LogP contribution in [0, 0.1) is 0 Å². The molecule has 78 valence electrons. The first kappa shape index (κ1) is 18.3. The van der Waals surface area contributed by atoms with E-state index in [4.69, 9.17) is 0 Å². The largest absolute Gasteiger partial charge is 1.00 e. The SMILES string of the molecule is O=[Si]([SiH2][Si](=O)[Si](F)(F)F)[Si](F)(F)F.[H-].[K+]. The van der Waals surface area contributed by atoms with E-state index >= 15 is 0 Å². The third-order valence-electron chi connectivity index (χ3n) is 0.953. The van der Waals surface area contributed by atoms with E-state index in [1.54, 1.807) is 0 Å². The summed E-state index contributed by atoms with van der Waals surface area (Å²) in [6, 6.07) is 0. The molecular formula is H3F6KO2Si5. The molecule has 14 heavy (non-hydrogen) atoms. The maximum Gasteiger partial charge on any atom is 1.00 e. The normalized spacial score (nSPS) is 11.9. The zero-order chi connectivity index (χ0) is 10.9. The summed E-state index contributed by atoms with van der Waals surface area (Å²) < 4.78 is 90.3. The minimum atomic E-state index is -6.45. The summed E-state index contributed by atoms with van der Waals surface area (Å²) >= 11 is 0. The Bertz CT molecular complexity index is 211. The van der Waals surface area contributed by atoms with Crippen LogP contribution in [0.1, 0.15) is 1.43 Å². The number of rotatable bonds is 4. The third kappa shape index (κ3) is 7.22. The van der Waals surface area contributed by atoms with Gasteiger partial charge in [0.25, 0.3) is 0 Å². The van der Waals surface area contributed by atoms with Crippen molar-refractivity contribution in [3.8, 4) is 0 Å².